The number of benzene rings is 2. The van der Waals surface area contributed by atoms with E-state index in [9.17, 15) is 4.79 Å². The molecule has 2 aromatic rings. The van der Waals surface area contributed by atoms with E-state index in [0.29, 0.717) is 40.9 Å². The molecule has 7 nitrogen and oxygen atoms in total. The number of nitrogens with one attached hydrogen (secondary N) is 1. The molecule has 0 heterocycles. The van der Waals surface area contributed by atoms with Crippen LogP contribution in [0.2, 0.25) is 0 Å². The zero-order valence-electron chi connectivity index (χ0n) is 16.7. The molecule has 7 heteroatoms. The predicted molar refractivity (Wildman–Crippen MR) is 107 cm³/mol. The minimum absolute atomic E-state index is 0.244. The van der Waals surface area contributed by atoms with E-state index < -0.39 is 0 Å². The van der Waals surface area contributed by atoms with Crippen LogP contribution in [-0.4, -0.2) is 41.5 Å². The van der Waals surface area contributed by atoms with Gasteiger partial charge in [0.15, 0.2) is 23.0 Å². The van der Waals surface area contributed by atoms with Gasteiger partial charge in [0.1, 0.15) is 0 Å². The van der Waals surface area contributed by atoms with Gasteiger partial charge in [-0.2, -0.15) is 0 Å². The van der Waals surface area contributed by atoms with Crippen molar-refractivity contribution in [3.8, 4) is 28.7 Å². The lowest BCUT2D eigenvalue weighted by Gasteiger charge is -2.14. The minimum atomic E-state index is -0.244. The molecule has 0 unspecified atom stereocenters. The van der Waals surface area contributed by atoms with E-state index in [1.807, 2.05) is 12.1 Å². The Balaban J connectivity index is 2.08. The third-order valence-corrected chi connectivity index (χ3v) is 4.06. The van der Waals surface area contributed by atoms with E-state index in [-0.39, 0.29) is 5.91 Å². The molecule has 0 bridgehead atoms. The van der Waals surface area contributed by atoms with Gasteiger partial charge in [-0.3, -0.25) is 4.79 Å². The second-order valence-electron chi connectivity index (χ2n) is 5.66. The number of carbonyl (C=O) groups excluding carboxylic acids is 1. The summed E-state index contributed by atoms with van der Waals surface area (Å²) in [5.74, 6) is 2.52. The van der Waals surface area contributed by atoms with Gasteiger partial charge >= 0.3 is 0 Å². The summed E-state index contributed by atoms with van der Waals surface area (Å²) in [7, 11) is 7.76. The number of methoxy groups -OCH3 is 5. The number of amides is 1. The summed E-state index contributed by atoms with van der Waals surface area (Å²) in [5.41, 5.74) is 1.59. The van der Waals surface area contributed by atoms with Crippen molar-refractivity contribution in [3.05, 3.63) is 47.5 Å². The Morgan fingerprint density at radius 1 is 0.821 bits per heavy atom. The van der Waals surface area contributed by atoms with Gasteiger partial charge in [0.25, 0.3) is 0 Å². The third kappa shape index (κ3) is 4.88. The predicted octanol–water partition coefficient (Wildman–Crippen LogP) is 3.06. The van der Waals surface area contributed by atoms with Crippen LogP contribution in [0, 0.1) is 0 Å². The molecule has 0 saturated carbocycles. The quantitative estimate of drug-likeness (QED) is 0.667. The lowest BCUT2D eigenvalue weighted by Crippen LogP contribution is -2.20. The molecule has 1 N–H and O–H groups in total. The van der Waals surface area contributed by atoms with Gasteiger partial charge in [-0.1, -0.05) is 6.07 Å². The Labute approximate surface area is 164 Å². The van der Waals surface area contributed by atoms with E-state index in [4.69, 9.17) is 23.7 Å². The highest BCUT2D eigenvalue weighted by molar-refractivity contribution is 5.92. The van der Waals surface area contributed by atoms with Crippen molar-refractivity contribution < 1.29 is 28.5 Å². The molecule has 150 valence electrons. The standard InChI is InChI=1S/C21H25NO6/c1-24-16-9-6-14(12-18(16)26-3)13-22-19(23)11-8-15-7-10-17(25-2)21(28-5)20(15)27-4/h6-12H,13H2,1-5H3,(H,22,23)/b11-8+. The van der Waals surface area contributed by atoms with Gasteiger partial charge in [0.2, 0.25) is 11.7 Å². The minimum Gasteiger partial charge on any atom is -0.493 e. The maximum absolute atomic E-state index is 12.2. The maximum atomic E-state index is 12.2. The van der Waals surface area contributed by atoms with Crippen LogP contribution in [0.25, 0.3) is 6.08 Å². The van der Waals surface area contributed by atoms with Crippen LogP contribution in [-0.2, 0) is 11.3 Å². The average molecular weight is 387 g/mol. The number of rotatable bonds is 9. The molecule has 1 amide bonds. The van der Waals surface area contributed by atoms with Gasteiger partial charge in [-0.05, 0) is 35.9 Å². The summed E-state index contributed by atoms with van der Waals surface area (Å²) < 4.78 is 26.5. The molecule has 0 radical (unpaired) electrons. The number of ether oxygens (including phenoxy) is 5. The highest BCUT2D eigenvalue weighted by atomic mass is 16.5. The van der Waals surface area contributed by atoms with Crippen molar-refractivity contribution in [1.29, 1.82) is 0 Å². The van der Waals surface area contributed by atoms with E-state index in [2.05, 4.69) is 5.32 Å². The fraction of sp³-hybridized carbons (Fsp3) is 0.286. The zero-order valence-corrected chi connectivity index (χ0v) is 16.7. The molecule has 0 aliphatic rings. The Kier molecular flexibility index (Phi) is 7.56. The van der Waals surface area contributed by atoms with Crippen LogP contribution < -0.4 is 29.0 Å². The van der Waals surface area contributed by atoms with Gasteiger partial charge in [0.05, 0.1) is 35.5 Å². The summed E-state index contributed by atoms with van der Waals surface area (Å²) in [6, 6.07) is 9.02. The van der Waals surface area contributed by atoms with Gasteiger partial charge < -0.3 is 29.0 Å². The number of hydrogen-bond donors (Lipinski definition) is 1. The molecule has 0 aliphatic carbocycles. The van der Waals surface area contributed by atoms with Crippen molar-refractivity contribution in [3.63, 3.8) is 0 Å². The van der Waals surface area contributed by atoms with E-state index >= 15 is 0 Å². The first kappa shape index (κ1) is 21.0. The van der Waals surface area contributed by atoms with Crippen molar-refractivity contribution in [2.24, 2.45) is 0 Å². The molecule has 28 heavy (non-hydrogen) atoms. The van der Waals surface area contributed by atoms with Gasteiger partial charge in [-0.25, -0.2) is 0 Å². The second-order valence-corrected chi connectivity index (χ2v) is 5.66. The molecular formula is C21H25NO6. The molecular weight excluding hydrogens is 362 g/mol. The highest BCUT2D eigenvalue weighted by Crippen LogP contribution is 2.40. The Morgan fingerprint density at radius 3 is 2.07 bits per heavy atom. The zero-order chi connectivity index (χ0) is 20.5. The van der Waals surface area contributed by atoms with Gasteiger partial charge in [-0.15, -0.1) is 0 Å². The van der Waals surface area contributed by atoms with E-state index in [1.54, 1.807) is 45.6 Å². The lowest BCUT2D eigenvalue weighted by molar-refractivity contribution is -0.116. The Bertz CT molecular complexity index is 847. The van der Waals surface area contributed by atoms with Crippen LogP contribution in [0.5, 0.6) is 28.7 Å². The normalized spacial score (nSPS) is 10.5. The molecule has 0 saturated heterocycles. The first-order valence-electron chi connectivity index (χ1n) is 8.53. The van der Waals surface area contributed by atoms with E-state index in [1.165, 1.54) is 20.3 Å². The third-order valence-electron chi connectivity index (χ3n) is 4.06. The monoisotopic (exact) mass is 387 g/mol. The molecule has 2 rings (SSSR count). The van der Waals surface area contributed by atoms with Crippen molar-refractivity contribution in [2.75, 3.05) is 35.5 Å². The summed E-state index contributed by atoms with van der Waals surface area (Å²) in [6.07, 6.45) is 3.09. The van der Waals surface area contributed by atoms with Gasteiger partial charge in [0, 0.05) is 18.2 Å². The lowest BCUT2D eigenvalue weighted by atomic mass is 10.1. The van der Waals surface area contributed by atoms with Crippen molar-refractivity contribution in [2.45, 2.75) is 6.54 Å². The fourth-order valence-corrected chi connectivity index (χ4v) is 2.66. The van der Waals surface area contributed by atoms with Crippen LogP contribution in [0.4, 0.5) is 0 Å². The molecule has 0 spiro atoms. The topological polar surface area (TPSA) is 75.3 Å². The summed E-state index contributed by atoms with van der Waals surface area (Å²) >= 11 is 0. The highest BCUT2D eigenvalue weighted by Gasteiger charge is 2.14. The summed E-state index contributed by atoms with van der Waals surface area (Å²) in [6.45, 7) is 0.354. The van der Waals surface area contributed by atoms with Crippen LogP contribution in [0.3, 0.4) is 0 Å². The smallest absolute Gasteiger partial charge is 0.244 e. The van der Waals surface area contributed by atoms with Crippen molar-refractivity contribution >= 4 is 12.0 Å². The summed E-state index contributed by atoms with van der Waals surface area (Å²) in [5, 5.41) is 2.83. The van der Waals surface area contributed by atoms with E-state index in [0.717, 1.165) is 5.56 Å². The fourth-order valence-electron chi connectivity index (χ4n) is 2.66. The molecule has 0 aromatic heterocycles. The largest absolute Gasteiger partial charge is 0.493 e. The first-order valence-corrected chi connectivity index (χ1v) is 8.53. The maximum Gasteiger partial charge on any atom is 0.244 e. The second kappa shape index (κ2) is 10.1. The first-order chi connectivity index (χ1) is 13.6. The van der Waals surface area contributed by atoms with Crippen LogP contribution in [0.1, 0.15) is 11.1 Å². The Hall–Kier alpha value is -3.35. The number of carbonyl (C=O) groups is 1. The van der Waals surface area contributed by atoms with Crippen molar-refractivity contribution in [1.82, 2.24) is 5.32 Å². The number of hydrogen-bond acceptors (Lipinski definition) is 6. The molecule has 2 aromatic carbocycles. The molecule has 0 aliphatic heterocycles. The molecule has 0 fully saturated rings. The van der Waals surface area contributed by atoms with Crippen LogP contribution in [0.15, 0.2) is 36.4 Å². The molecule has 0 atom stereocenters. The van der Waals surface area contributed by atoms with Crippen LogP contribution >= 0.6 is 0 Å². The average Bonchev–Trinajstić information content (AvgIpc) is 2.74. The summed E-state index contributed by atoms with van der Waals surface area (Å²) in [4.78, 5) is 12.2. The SMILES string of the molecule is COc1ccc(CNC(=O)/C=C/c2ccc(OC)c(OC)c2OC)cc1OC. The Morgan fingerprint density at radius 2 is 1.46 bits per heavy atom.